The van der Waals surface area contributed by atoms with Crippen molar-refractivity contribution in [3.8, 4) is 0 Å². The smallest absolute Gasteiger partial charge is 0.336 e. The number of rotatable bonds is 6. The first-order chi connectivity index (χ1) is 8.85. The minimum atomic E-state index is -0.975. The first-order valence-electron chi connectivity index (χ1n) is 6.12. The van der Waals surface area contributed by atoms with Gasteiger partial charge in [0, 0.05) is 10.4 Å². The molecule has 0 aliphatic rings. The lowest BCUT2D eigenvalue weighted by atomic mass is 10.0. The number of hydrogen-bond donors (Lipinski definition) is 2. The van der Waals surface area contributed by atoms with Crippen LogP contribution in [0.1, 0.15) is 37.6 Å². The molecule has 0 bridgehead atoms. The third-order valence-electron chi connectivity index (χ3n) is 2.84. The van der Waals surface area contributed by atoms with Gasteiger partial charge in [0.1, 0.15) is 0 Å². The van der Waals surface area contributed by atoms with Gasteiger partial charge >= 0.3 is 5.97 Å². The van der Waals surface area contributed by atoms with Gasteiger partial charge in [-0.3, -0.25) is 4.79 Å². The number of aromatic carboxylic acids is 1. The number of amides is 1. The quantitative estimate of drug-likeness (QED) is 0.787. The van der Waals surface area contributed by atoms with Crippen LogP contribution in [0.5, 0.6) is 0 Å². The fraction of sp³-hybridized carbons (Fsp3) is 0.429. The lowest BCUT2D eigenvalue weighted by Crippen LogP contribution is -2.43. The van der Waals surface area contributed by atoms with E-state index < -0.39 is 5.97 Å². The molecule has 0 unspecified atom stereocenters. The molecule has 1 amide bonds. The predicted molar refractivity (Wildman–Crippen MR) is 76.6 cm³/mol. The Morgan fingerprint density at radius 1 is 1.32 bits per heavy atom. The second-order valence-electron chi connectivity index (χ2n) is 4.88. The van der Waals surface area contributed by atoms with E-state index in [-0.39, 0.29) is 22.8 Å². The molecule has 0 saturated carbocycles. The summed E-state index contributed by atoms with van der Waals surface area (Å²) in [4.78, 5) is 23.4. The van der Waals surface area contributed by atoms with Crippen molar-refractivity contribution in [1.29, 1.82) is 0 Å². The van der Waals surface area contributed by atoms with Gasteiger partial charge in [-0.05, 0) is 32.4 Å². The van der Waals surface area contributed by atoms with Crippen LogP contribution in [-0.4, -0.2) is 28.3 Å². The van der Waals surface area contributed by atoms with Gasteiger partial charge in [0.25, 0.3) is 0 Å². The number of carboxylic acid groups (broad SMARTS) is 1. The van der Waals surface area contributed by atoms with E-state index in [2.05, 4.69) is 5.32 Å². The van der Waals surface area contributed by atoms with Crippen LogP contribution in [0.15, 0.2) is 29.2 Å². The van der Waals surface area contributed by atoms with Crippen molar-refractivity contribution >= 4 is 23.6 Å². The van der Waals surface area contributed by atoms with E-state index in [1.165, 1.54) is 11.8 Å². The van der Waals surface area contributed by atoms with Crippen molar-refractivity contribution in [2.45, 2.75) is 37.6 Å². The van der Waals surface area contributed by atoms with E-state index in [0.29, 0.717) is 4.90 Å². The predicted octanol–water partition coefficient (Wildman–Crippen LogP) is 2.78. The molecule has 0 saturated heterocycles. The van der Waals surface area contributed by atoms with E-state index in [1.807, 2.05) is 20.8 Å². The molecule has 5 heteroatoms. The minimum absolute atomic E-state index is 0.0861. The maximum atomic E-state index is 11.8. The molecule has 0 radical (unpaired) electrons. The number of carbonyl (C=O) groups excluding carboxylic acids is 1. The van der Waals surface area contributed by atoms with Crippen LogP contribution >= 0.6 is 11.8 Å². The number of hydrogen-bond acceptors (Lipinski definition) is 3. The van der Waals surface area contributed by atoms with E-state index in [0.717, 1.165) is 6.42 Å². The molecule has 0 spiro atoms. The SMILES string of the molecule is CCC(C)(C)NC(=O)CSc1ccccc1C(=O)O. The standard InChI is InChI=1S/C14H19NO3S/c1-4-14(2,3)15-12(16)9-19-11-8-6-5-7-10(11)13(17)18/h5-8H,4,9H2,1-3H3,(H,15,16)(H,17,18). The summed E-state index contributed by atoms with van der Waals surface area (Å²) in [6.07, 6.45) is 0.842. The molecule has 4 nitrogen and oxygen atoms in total. The summed E-state index contributed by atoms with van der Waals surface area (Å²) in [5, 5.41) is 12.0. The average molecular weight is 281 g/mol. The molecule has 1 aromatic carbocycles. The van der Waals surface area contributed by atoms with Gasteiger partial charge in [-0.15, -0.1) is 11.8 Å². The molecular formula is C14H19NO3S. The molecule has 1 rings (SSSR count). The Balaban J connectivity index is 2.63. The van der Waals surface area contributed by atoms with Crippen LogP contribution in [-0.2, 0) is 4.79 Å². The molecule has 1 aromatic rings. The van der Waals surface area contributed by atoms with Gasteiger partial charge in [-0.2, -0.15) is 0 Å². The Labute approximate surface area is 117 Å². The second-order valence-corrected chi connectivity index (χ2v) is 5.89. The van der Waals surface area contributed by atoms with E-state index in [1.54, 1.807) is 24.3 Å². The van der Waals surface area contributed by atoms with Crippen molar-refractivity contribution in [3.63, 3.8) is 0 Å². The minimum Gasteiger partial charge on any atom is -0.478 e. The topological polar surface area (TPSA) is 66.4 Å². The van der Waals surface area contributed by atoms with Crippen LogP contribution < -0.4 is 5.32 Å². The van der Waals surface area contributed by atoms with Gasteiger partial charge in [0.05, 0.1) is 11.3 Å². The molecule has 0 atom stereocenters. The molecular weight excluding hydrogens is 262 g/mol. The highest BCUT2D eigenvalue weighted by molar-refractivity contribution is 8.00. The van der Waals surface area contributed by atoms with Crippen molar-refractivity contribution in [2.75, 3.05) is 5.75 Å². The Hall–Kier alpha value is -1.49. The zero-order valence-corrected chi connectivity index (χ0v) is 12.2. The van der Waals surface area contributed by atoms with Crippen LogP contribution in [0.4, 0.5) is 0 Å². The van der Waals surface area contributed by atoms with Crippen molar-refractivity contribution < 1.29 is 14.7 Å². The number of thioether (sulfide) groups is 1. The zero-order chi connectivity index (χ0) is 14.5. The normalized spacial score (nSPS) is 11.1. The fourth-order valence-corrected chi connectivity index (χ4v) is 2.26. The third-order valence-corrected chi connectivity index (χ3v) is 3.91. The van der Waals surface area contributed by atoms with Crippen LogP contribution in [0.3, 0.4) is 0 Å². The Kier molecular flexibility index (Phi) is 5.42. The summed E-state index contributed by atoms with van der Waals surface area (Å²) >= 11 is 1.24. The number of carbonyl (C=O) groups is 2. The first-order valence-corrected chi connectivity index (χ1v) is 7.10. The number of carboxylic acids is 1. The summed E-state index contributed by atoms with van der Waals surface area (Å²) in [5.74, 6) is -0.845. The maximum absolute atomic E-state index is 11.8. The molecule has 0 heterocycles. The van der Waals surface area contributed by atoms with Gasteiger partial charge < -0.3 is 10.4 Å². The summed E-state index contributed by atoms with van der Waals surface area (Å²) in [5.41, 5.74) is -0.000654. The van der Waals surface area contributed by atoms with E-state index in [4.69, 9.17) is 5.11 Å². The Morgan fingerprint density at radius 3 is 2.53 bits per heavy atom. The van der Waals surface area contributed by atoms with Gasteiger partial charge in [0.2, 0.25) is 5.91 Å². The summed E-state index contributed by atoms with van der Waals surface area (Å²) in [7, 11) is 0. The Morgan fingerprint density at radius 2 is 1.95 bits per heavy atom. The van der Waals surface area contributed by atoms with Crippen LogP contribution in [0.25, 0.3) is 0 Å². The summed E-state index contributed by atoms with van der Waals surface area (Å²) in [6.45, 7) is 5.93. The highest BCUT2D eigenvalue weighted by atomic mass is 32.2. The fourth-order valence-electron chi connectivity index (χ4n) is 1.41. The average Bonchev–Trinajstić information content (AvgIpc) is 2.36. The summed E-state index contributed by atoms with van der Waals surface area (Å²) in [6, 6.07) is 6.70. The van der Waals surface area contributed by atoms with Crippen molar-refractivity contribution in [1.82, 2.24) is 5.32 Å². The maximum Gasteiger partial charge on any atom is 0.336 e. The highest BCUT2D eigenvalue weighted by Gasteiger charge is 2.18. The van der Waals surface area contributed by atoms with Crippen molar-refractivity contribution in [2.24, 2.45) is 0 Å². The Bertz CT molecular complexity index is 472. The van der Waals surface area contributed by atoms with Crippen LogP contribution in [0.2, 0.25) is 0 Å². The van der Waals surface area contributed by atoms with Gasteiger partial charge in [0.15, 0.2) is 0 Å². The molecule has 0 aromatic heterocycles. The lowest BCUT2D eigenvalue weighted by Gasteiger charge is -2.24. The molecule has 104 valence electrons. The van der Waals surface area contributed by atoms with Crippen LogP contribution in [0, 0.1) is 0 Å². The van der Waals surface area contributed by atoms with Gasteiger partial charge in [-0.25, -0.2) is 4.79 Å². The largest absolute Gasteiger partial charge is 0.478 e. The summed E-state index contributed by atoms with van der Waals surface area (Å²) < 4.78 is 0. The number of benzene rings is 1. The third kappa shape index (κ3) is 4.95. The van der Waals surface area contributed by atoms with Gasteiger partial charge in [-0.1, -0.05) is 19.1 Å². The number of nitrogens with one attached hydrogen (secondary N) is 1. The molecule has 0 aliphatic carbocycles. The molecule has 2 N–H and O–H groups in total. The first kappa shape index (κ1) is 15.6. The lowest BCUT2D eigenvalue weighted by molar-refractivity contribution is -0.120. The second kappa shape index (κ2) is 6.61. The monoisotopic (exact) mass is 281 g/mol. The van der Waals surface area contributed by atoms with E-state index >= 15 is 0 Å². The molecule has 19 heavy (non-hydrogen) atoms. The molecule has 0 aliphatic heterocycles. The van der Waals surface area contributed by atoms with E-state index in [9.17, 15) is 9.59 Å². The highest BCUT2D eigenvalue weighted by Crippen LogP contribution is 2.22. The zero-order valence-electron chi connectivity index (χ0n) is 11.4. The molecule has 0 fully saturated rings. The van der Waals surface area contributed by atoms with Crippen molar-refractivity contribution in [3.05, 3.63) is 29.8 Å².